The molecule has 0 spiro atoms. The van der Waals surface area contributed by atoms with E-state index in [0.717, 1.165) is 12.1 Å². The molecule has 0 fully saturated rings. The van der Waals surface area contributed by atoms with E-state index < -0.39 is 14.9 Å². The van der Waals surface area contributed by atoms with Gasteiger partial charge in [-0.3, -0.25) is 10.1 Å². The number of methoxy groups -OCH3 is 1. The summed E-state index contributed by atoms with van der Waals surface area (Å²) in [6, 6.07) is 9.80. The van der Waals surface area contributed by atoms with Crippen LogP contribution in [-0.2, 0) is 16.6 Å². The molecule has 1 N–H and O–H groups in total. The van der Waals surface area contributed by atoms with Gasteiger partial charge < -0.3 is 9.47 Å². The Morgan fingerprint density at radius 2 is 1.80 bits per heavy atom. The number of non-ortho nitro benzene ring substituents is 1. The standard InChI is InChI=1S/C16H18N2O6S/c1-3-24-16-10-12(4-9-15(16)23-2)11-17-25(21,22)14-7-5-13(6-8-14)18(19)20/h4-10,17H,3,11H2,1-2H3. The van der Waals surface area contributed by atoms with Crippen LogP contribution in [0.3, 0.4) is 0 Å². The lowest BCUT2D eigenvalue weighted by atomic mass is 10.2. The fourth-order valence-corrected chi connectivity index (χ4v) is 3.13. The Bertz CT molecular complexity index is 849. The second-order valence-corrected chi connectivity index (χ2v) is 6.76. The lowest BCUT2D eigenvalue weighted by Crippen LogP contribution is -2.23. The summed E-state index contributed by atoms with van der Waals surface area (Å²) in [5.74, 6) is 1.08. The first kappa shape index (κ1) is 18.7. The maximum atomic E-state index is 12.3. The number of nitrogens with zero attached hydrogens (tertiary/aromatic N) is 1. The molecule has 2 aromatic rings. The van der Waals surface area contributed by atoms with Crippen LogP contribution >= 0.6 is 0 Å². The summed E-state index contributed by atoms with van der Waals surface area (Å²) in [4.78, 5) is 10.00. The Balaban J connectivity index is 2.13. The van der Waals surface area contributed by atoms with E-state index in [0.29, 0.717) is 23.7 Å². The van der Waals surface area contributed by atoms with Gasteiger partial charge in [0.2, 0.25) is 10.0 Å². The highest BCUT2D eigenvalue weighted by Crippen LogP contribution is 2.28. The highest BCUT2D eigenvalue weighted by Gasteiger charge is 2.16. The first-order valence-electron chi connectivity index (χ1n) is 7.41. The summed E-state index contributed by atoms with van der Waals surface area (Å²) in [5.41, 5.74) is 0.519. The Labute approximate surface area is 145 Å². The van der Waals surface area contributed by atoms with Gasteiger partial charge in [-0.2, -0.15) is 0 Å². The molecule has 8 nitrogen and oxygen atoms in total. The number of nitro benzene ring substituents is 1. The second-order valence-electron chi connectivity index (χ2n) is 4.99. The zero-order valence-corrected chi connectivity index (χ0v) is 14.6. The van der Waals surface area contributed by atoms with Crippen LogP contribution in [0.15, 0.2) is 47.4 Å². The van der Waals surface area contributed by atoms with E-state index in [1.807, 2.05) is 6.92 Å². The van der Waals surface area contributed by atoms with Gasteiger partial charge in [0.15, 0.2) is 11.5 Å². The van der Waals surface area contributed by atoms with Gasteiger partial charge in [0.1, 0.15) is 0 Å². The van der Waals surface area contributed by atoms with Gasteiger partial charge in [-0.05, 0) is 36.8 Å². The number of ether oxygens (including phenoxy) is 2. The molecule has 25 heavy (non-hydrogen) atoms. The third-order valence-electron chi connectivity index (χ3n) is 3.35. The van der Waals surface area contributed by atoms with E-state index >= 15 is 0 Å². The monoisotopic (exact) mass is 366 g/mol. The molecule has 0 aliphatic carbocycles. The van der Waals surface area contributed by atoms with Crippen LogP contribution in [0, 0.1) is 10.1 Å². The summed E-state index contributed by atoms with van der Waals surface area (Å²) >= 11 is 0. The number of nitrogens with one attached hydrogen (secondary N) is 1. The molecule has 0 heterocycles. The summed E-state index contributed by atoms with van der Waals surface area (Å²) in [7, 11) is -2.26. The lowest BCUT2D eigenvalue weighted by Gasteiger charge is -2.12. The number of hydrogen-bond donors (Lipinski definition) is 1. The minimum Gasteiger partial charge on any atom is -0.493 e. The Kier molecular flexibility index (Phi) is 5.94. The van der Waals surface area contributed by atoms with E-state index in [2.05, 4.69) is 4.72 Å². The number of nitro groups is 1. The van der Waals surface area contributed by atoms with Gasteiger partial charge in [0.25, 0.3) is 5.69 Å². The molecule has 0 saturated heterocycles. The number of sulfonamides is 1. The summed E-state index contributed by atoms with van der Waals surface area (Å²) in [6.45, 7) is 2.33. The number of rotatable bonds is 8. The van der Waals surface area contributed by atoms with Crippen molar-refractivity contribution in [2.75, 3.05) is 13.7 Å². The van der Waals surface area contributed by atoms with E-state index in [9.17, 15) is 18.5 Å². The molecule has 0 amide bonds. The zero-order chi connectivity index (χ0) is 18.4. The molecule has 2 rings (SSSR count). The molecule has 0 aliphatic heterocycles. The normalized spacial score (nSPS) is 11.1. The first-order valence-corrected chi connectivity index (χ1v) is 8.89. The van der Waals surface area contributed by atoms with Crippen molar-refractivity contribution in [1.29, 1.82) is 0 Å². The van der Waals surface area contributed by atoms with Crippen LogP contribution in [0.4, 0.5) is 5.69 Å². The SMILES string of the molecule is CCOc1cc(CNS(=O)(=O)c2ccc([N+](=O)[O-])cc2)ccc1OC. The molecule has 2 aromatic carbocycles. The van der Waals surface area contributed by atoms with Crippen molar-refractivity contribution in [1.82, 2.24) is 4.72 Å². The average Bonchev–Trinajstić information content (AvgIpc) is 2.60. The molecule has 9 heteroatoms. The zero-order valence-electron chi connectivity index (χ0n) is 13.8. The van der Waals surface area contributed by atoms with Gasteiger partial charge in [0, 0.05) is 18.7 Å². The molecule has 0 bridgehead atoms. The van der Waals surface area contributed by atoms with E-state index in [1.165, 1.54) is 19.2 Å². The Hall–Kier alpha value is -2.65. The van der Waals surface area contributed by atoms with Crippen LogP contribution in [0.1, 0.15) is 12.5 Å². The van der Waals surface area contributed by atoms with Gasteiger partial charge >= 0.3 is 0 Å². The largest absolute Gasteiger partial charge is 0.493 e. The van der Waals surface area contributed by atoms with E-state index in [1.54, 1.807) is 18.2 Å². The first-order chi connectivity index (χ1) is 11.9. The van der Waals surface area contributed by atoms with Crippen LogP contribution < -0.4 is 14.2 Å². The quantitative estimate of drug-likeness (QED) is 0.568. The molecule has 0 aliphatic rings. The van der Waals surface area contributed by atoms with Crippen molar-refractivity contribution >= 4 is 15.7 Å². The molecule has 0 radical (unpaired) electrons. The molecule has 134 valence electrons. The predicted molar refractivity (Wildman–Crippen MR) is 91.3 cm³/mol. The molecule has 0 aromatic heterocycles. The smallest absolute Gasteiger partial charge is 0.269 e. The molecule has 0 saturated carbocycles. The minimum atomic E-state index is -3.79. The fraction of sp³-hybridized carbons (Fsp3) is 0.250. The van der Waals surface area contributed by atoms with Crippen molar-refractivity contribution in [3.63, 3.8) is 0 Å². The van der Waals surface area contributed by atoms with Gasteiger partial charge in [-0.15, -0.1) is 0 Å². The second kappa shape index (κ2) is 7.95. The summed E-state index contributed by atoms with van der Waals surface area (Å²) in [5, 5.41) is 10.6. The summed E-state index contributed by atoms with van der Waals surface area (Å²) < 4.78 is 37.7. The Morgan fingerprint density at radius 3 is 2.36 bits per heavy atom. The van der Waals surface area contributed by atoms with Crippen molar-refractivity contribution in [3.05, 3.63) is 58.1 Å². The van der Waals surface area contributed by atoms with Gasteiger partial charge in [-0.25, -0.2) is 13.1 Å². The molecule has 0 unspecified atom stereocenters. The third-order valence-corrected chi connectivity index (χ3v) is 4.77. The maximum Gasteiger partial charge on any atom is 0.269 e. The lowest BCUT2D eigenvalue weighted by molar-refractivity contribution is -0.384. The Morgan fingerprint density at radius 1 is 1.12 bits per heavy atom. The fourth-order valence-electron chi connectivity index (χ4n) is 2.11. The van der Waals surface area contributed by atoms with Crippen LogP contribution in [-0.4, -0.2) is 27.1 Å². The van der Waals surface area contributed by atoms with Crippen LogP contribution in [0.2, 0.25) is 0 Å². The predicted octanol–water partition coefficient (Wildman–Crippen LogP) is 2.48. The highest BCUT2D eigenvalue weighted by molar-refractivity contribution is 7.89. The summed E-state index contributed by atoms with van der Waals surface area (Å²) in [6.07, 6.45) is 0. The topological polar surface area (TPSA) is 108 Å². The van der Waals surface area contributed by atoms with Gasteiger partial charge in [-0.1, -0.05) is 6.07 Å². The van der Waals surface area contributed by atoms with Crippen LogP contribution in [0.25, 0.3) is 0 Å². The highest BCUT2D eigenvalue weighted by atomic mass is 32.2. The average molecular weight is 366 g/mol. The van der Waals surface area contributed by atoms with Crippen molar-refractivity contribution in [2.24, 2.45) is 0 Å². The van der Waals surface area contributed by atoms with Crippen molar-refractivity contribution in [2.45, 2.75) is 18.4 Å². The maximum absolute atomic E-state index is 12.3. The molecular weight excluding hydrogens is 348 g/mol. The molecular formula is C16H18N2O6S. The van der Waals surface area contributed by atoms with E-state index in [-0.39, 0.29) is 17.1 Å². The molecule has 0 atom stereocenters. The van der Waals surface area contributed by atoms with E-state index in [4.69, 9.17) is 9.47 Å². The number of hydrogen-bond acceptors (Lipinski definition) is 6. The van der Waals surface area contributed by atoms with Gasteiger partial charge in [0.05, 0.1) is 23.5 Å². The minimum absolute atomic E-state index is 0.0448. The van der Waals surface area contributed by atoms with Crippen LogP contribution in [0.5, 0.6) is 11.5 Å². The van der Waals surface area contributed by atoms with Crippen molar-refractivity contribution in [3.8, 4) is 11.5 Å². The van der Waals surface area contributed by atoms with Crippen molar-refractivity contribution < 1.29 is 22.8 Å². The third kappa shape index (κ3) is 4.68. The number of benzene rings is 2.